The van der Waals surface area contributed by atoms with Crippen molar-refractivity contribution < 1.29 is 24.2 Å². The molecule has 0 spiro atoms. The van der Waals surface area contributed by atoms with Crippen LogP contribution in [0.5, 0.6) is 0 Å². The summed E-state index contributed by atoms with van der Waals surface area (Å²) in [5.41, 5.74) is 8.76. The molecule has 0 saturated heterocycles. The first-order valence-corrected chi connectivity index (χ1v) is 14.3. The standard InChI is InChI=1S/C21H25.C7H12.C5H5.Zr/c1-20(2,3)16-9-7-14-11-15-8-10-17(21(4,5)6)13-19(15)18(14)12-16;1-2-4-6-7-5-3-1;1-2-4-5-3-1;/h7,9-10,12-13H,11H2,1-6H3;1-6H2;1-3H,4H2;/q-1;;-1;+2. The van der Waals surface area contributed by atoms with Gasteiger partial charge in [-0.05, 0) is 17.4 Å². The predicted molar refractivity (Wildman–Crippen MR) is 145 cm³/mol. The van der Waals surface area contributed by atoms with Gasteiger partial charge in [-0.3, -0.25) is 6.08 Å². The molecule has 1 fully saturated rings. The maximum atomic E-state index is 3.53. The van der Waals surface area contributed by atoms with Crippen LogP contribution in [0.4, 0.5) is 0 Å². The predicted octanol–water partition coefficient (Wildman–Crippen LogP) is 9.02. The molecule has 0 atom stereocenters. The van der Waals surface area contributed by atoms with E-state index in [0.717, 1.165) is 12.8 Å². The van der Waals surface area contributed by atoms with E-state index in [9.17, 15) is 0 Å². The second kappa shape index (κ2) is 12.1. The molecule has 2 aromatic carbocycles. The van der Waals surface area contributed by atoms with Crippen LogP contribution in [0.2, 0.25) is 0 Å². The van der Waals surface area contributed by atoms with Crippen molar-refractivity contribution in [3.8, 4) is 11.1 Å². The Bertz CT molecular complexity index is 956. The molecule has 0 heterocycles. The van der Waals surface area contributed by atoms with Crippen molar-refractivity contribution in [3.05, 3.63) is 83.0 Å². The van der Waals surface area contributed by atoms with Crippen LogP contribution in [-0.4, -0.2) is 3.21 Å². The number of hydrogen-bond donors (Lipinski definition) is 0. The Balaban J connectivity index is 0.000000202. The molecule has 3 aliphatic carbocycles. The van der Waals surface area contributed by atoms with Gasteiger partial charge in [0.15, 0.2) is 0 Å². The number of fused-ring (bicyclic) bond motifs is 3. The first-order valence-electron chi connectivity index (χ1n) is 13.0. The molecule has 1 saturated carbocycles. The van der Waals surface area contributed by atoms with E-state index in [0.29, 0.717) is 0 Å². The van der Waals surface area contributed by atoms with Crippen LogP contribution in [0.3, 0.4) is 0 Å². The maximum absolute atomic E-state index is 3.53. The van der Waals surface area contributed by atoms with Crippen LogP contribution < -0.4 is 0 Å². The van der Waals surface area contributed by atoms with Crippen molar-refractivity contribution in [3.63, 3.8) is 0 Å². The minimum atomic E-state index is 0.177. The van der Waals surface area contributed by atoms with Gasteiger partial charge in [0.1, 0.15) is 0 Å². The topological polar surface area (TPSA) is 0 Å². The van der Waals surface area contributed by atoms with E-state index in [1.165, 1.54) is 71.9 Å². The van der Waals surface area contributed by atoms with Crippen LogP contribution in [0.15, 0.2) is 48.6 Å². The molecule has 0 N–H and O–H groups in total. The summed E-state index contributed by atoms with van der Waals surface area (Å²) < 4.78 is 1.81. The first-order chi connectivity index (χ1) is 16.1. The van der Waals surface area contributed by atoms with Gasteiger partial charge in [-0.25, -0.2) is 12.2 Å². The molecule has 178 valence electrons. The molecule has 0 unspecified atom stereocenters. The van der Waals surface area contributed by atoms with Crippen molar-refractivity contribution >= 4 is 3.21 Å². The molecule has 0 amide bonds. The molecule has 0 radical (unpaired) electrons. The molecular weight excluding hydrogens is 488 g/mol. The van der Waals surface area contributed by atoms with Crippen LogP contribution in [-0.2, 0) is 41.5 Å². The Morgan fingerprint density at radius 3 is 1.97 bits per heavy atom. The second-order valence-electron chi connectivity index (χ2n) is 11.9. The summed E-state index contributed by atoms with van der Waals surface area (Å²) in [6.45, 7) is 13.6. The normalized spacial score (nSPS) is 16.6. The van der Waals surface area contributed by atoms with E-state index in [1.807, 2.05) is 15.4 Å². The molecule has 34 heavy (non-hydrogen) atoms. The van der Waals surface area contributed by atoms with Gasteiger partial charge in [-0.15, -0.1) is 12.0 Å². The van der Waals surface area contributed by atoms with E-state index in [-0.39, 0.29) is 10.8 Å². The quantitative estimate of drug-likeness (QED) is 0.201. The van der Waals surface area contributed by atoms with E-state index in [4.69, 9.17) is 0 Å². The molecule has 0 aromatic heterocycles. The SMILES string of the molecule is CC(C)(C)c1c[c-]c2c(c1)-c1cc(C(C)(C)C)ccc1C2.[C-]1=CC=CC1.[Zr+2]=[C]1CCCCCC1. The first kappa shape index (κ1) is 27.3. The number of hydrogen-bond acceptors (Lipinski definition) is 0. The molecule has 0 nitrogen and oxygen atoms in total. The molecule has 3 aliphatic rings. The van der Waals surface area contributed by atoms with Gasteiger partial charge in [-0.1, -0.05) is 76.3 Å². The van der Waals surface area contributed by atoms with Crippen molar-refractivity contribution in [1.29, 1.82) is 0 Å². The van der Waals surface area contributed by atoms with Gasteiger partial charge in [-0.2, -0.15) is 35.4 Å². The van der Waals surface area contributed by atoms with Crippen molar-refractivity contribution in [2.24, 2.45) is 0 Å². The zero-order valence-electron chi connectivity index (χ0n) is 22.3. The monoisotopic (exact) mass is 528 g/mol. The summed E-state index contributed by atoms with van der Waals surface area (Å²) in [6, 6.07) is 15.1. The Labute approximate surface area is 224 Å². The fourth-order valence-corrected chi connectivity index (χ4v) is 5.35. The zero-order valence-corrected chi connectivity index (χ0v) is 24.7. The van der Waals surface area contributed by atoms with Gasteiger partial charge < -0.3 is 0 Å². The van der Waals surface area contributed by atoms with Gasteiger partial charge in [0, 0.05) is 0 Å². The van der Waals surface area contributed by atoms with Crippen LogP contribution in [0.25, 0.3) is 11.1 Å². The summed E-state index contributed by atoms with van der Waals surface area (Å²) >= 11 is 1.69. The number of rotatable bonds is 0. The third kappa shape index (κ3) is 7.85. The summed E-state index contributed by atoms with van der Waals surface area (Å²) in [6.07, 6.45) is 19.8. The molecular formula is C33H42Zr. The van der Waals surface area contributed by atoms with Crippen molar-refractivity contribution in [1.82, 2.24) is 0 Å². The summed E-state index contributed by atoms with van der Waals surface area (Å²) in [7, 11) is 0. The van der Waals surface area contributed by atoms with Crippen molar-refractivity contribution in [2.45, 2.75) is 104 Å². The van der Waals surface area contributed by atoms with Gasteiger partial charge in [0.05, 0.1) is 0 Å². The fraction of sp³-hybridized carbons (Fsp3) is 0.485. The molecule has 2 aromatic rings. The van der Waals surface area contributed by atoms with Gasteiger partial charge in [0.2, 0.25) is 0 Å². The second-order valence-corrected chi connectivity index (χ2v) is 13.6. The van der Waals surface area contributed by atoms with Gasteiger partial charge in [0.25, 0.3) is 0 Å². The average molecular weight is 530 g/mol. The van der Waals surface area contributed by atoms with Crippen LogP contribution in [0, 0.1) is 12.1 Å². The zero-order chi connectivity index (χ0) is 24.8. The van der Waals surface area contributed by atoms with E-state index in [2.05, 4.69) is 90.1 Å². The van der Waals surface area contributed by atoms with E-state index < -0.39 is 0 Å². The van der Waals surface area contributed by atoms with Crippen LogP contribution >= 0.6 is 0 Å². The van der Waals surface area contributed by atoms with Crippen LogP contribution in [0.1, 0.15) is 109 Å². The minimum absolute atomic E-state index is 0.177. The third-order valence-corrected chi connectivity index (χ3v) is 8.05. The average Bonchev–Trinajstić information content (AvgIpc) is 3.41. The van der Waals surface area contributed by atoms with E-state index in [1.54, 1.807) is 24.2 Å². The molecule has 1 heteroatoms. The Kier molecular flexibility index (Phi) is 9.68. The fourth-order valence-electron chi connectivity index (χ4n) is 4.48. The number of benzene rings is 2. The Morgan fingerprint density at radius 1 is 0.794 bits per heavy atom. The number of allylic oxidation sites excluding steroid dienone is 4. The summed E-state index contributed by atoms with van der Waals surface area (Å²) in [5, 5.41) is 0. The summed E-state index contributed by atoms with van der Waals surface area (Å²) in [4.78, 5) is 0. The third-order valence-electron chi connectivity index (χ3n) is 6.82. The molecule has 0 bridgehead atoms. The Morgan fingerprint density at radius 2 is 1.44 bits per heavy atom. The van der Waals surface area contributed by atoms with Crippen molar-refractivity contribution in [2.75, 3.05) is 0 Å². The van der Waals surface area contributed by atoms with Gasteiger partial charge >= 0.3 is 66.0 Å². The molecule has 5 rings (SSSR count). The summed E-state index contributed by atoms with van der Waals surface area (Å²) in [5.74, 6) is 0. The van der Waals surface area contributed by atoms with E-state index >= 15 is 0 Å². The Hall–Kier alpha value is -1.33. The molecule has 0 aliphatic heterocycles.